The van der Waals surface area contributed by atoms with Gasteiger partial charge in [0.1, 0.15) is 11.4 Å². The minimum Gasteiger partial charge on any atom is -0.805 e. The van der Waals surface area contributed by atoms with E-state index >= 15 is 0 Å². The van der Waals surface area contributed by atoms with Crippen molar-refractivity contribution in [3.63, 3.8) is 0 Å². The van der Waals surface area contributed by atoms with E-state index in [0.29, 0.717) is 20.6 Å². The number of fused-ring (bicyclic) bond motifs is 1. The Labute approximate surface area is 191 Å². The van der Waals surface area contributed by atoms with Crippen LogP contribution in [0.1, 0.15) is 58.8 Å². The second-order valence-electron chi connectivity index (χ2n) is 8.59. The third kappa shape index (κ3) is 4.35. The van der Waals surface area contributed by atoms with E-state index in [1.54, 1.807) is 59.7 Å². The van der Waals surface area contributed by atoms with Crippen molar-refractivity contribution >= 4 is 23.0 Å². The number of aromatic nitrogens is 2. The molecule has 3 rings (SSSR count). The molecule has 0 atom stereocenters. The maximum absolute atomic E-state index is 13.6. The summed E-state index contributed by atoms with van der Waals surface area (Å²) in [4.78, 5) is 39.9. The summed E-state index contributed by atoms with van der Waals surface area (Å²) < 4.78 is 12.1. The molecule has 1 aromatic heterocycles. The van der Waals surface area contributed by atoms with Crippen molar-refractivity contribution in [2.75, 3.05) is 0 Å². The summed E-state index contributed by atoms with van der Waals surface area (Å²) in [5.74, 6) is -2.54. The van der Waals surface area contributed by atoms with Crippen LogP contribution in [0.15, 0.2) is 46.8 Å². The van der Waals surface area contributed by atoms with Crippen LogP contribution in [-0.4, -0.2) is 28.9 Å². The summed E-state index contributed by atoms with van der Waals surface area (Å²) >= 11 is 0. The Hall–Kier alpha value is -3.62. The molecule has 0 bridgehead atoms. The first-order valence-electron chi connectivity index (χ1n) is 10.8. The predicted molar refractivity (Wildman–Crippen MR) is 123 cm³/mol. The Morgan fingerprint density at radius 2 is 1.45 bits per heavy atom. The van der Waals surface area contributed by atoms with E-state index in [4.69, 9.17) is 9.47 Å². The quantitative estimate of drug-likeness (QED) is 0.543. The average molecular weight is 456 g/mol. The van der Waals surface area contributed by atoms with Crippen LogP contribution in [-0.2, 0) is 19.1 Å². The van der Waals surface area contributed by atoms with Crippen LogP contribution < -0.4 is 9.74 Å². The Morgan fingerprint density at radius 3 is 1.94 bits per heavy atom. The van der Waals surface area contributed by atoms with Crippen molar-refractivity contribution in [1.82, 2.24) is 10.0 Å². The Balaban J connectivity index is 2.39. The van der Waals surface area contributed by atoms with Crippen molar-refractivity contribution < 1.29 is 23.5 Å². The summed E-state index contributed by atoms with van der Waals surface area (Å²) in [5.41, 5.74) is 1.34. The van der Waals surface area contributed by atoms with Crippen molar-refractivity contribution in [2.45, 2.75) is 66.6 Å². The van der Waals surface area contributed by atoms with Gasteiger partial charge in [0.25, 0.3) is 11.2 Å². The van der Waals surface area contributed by atoms with Crippen LogP contribution in [0.2, 0.25) is 0 Å². The van der Waals surface area contributed by atoms with Gasteiger partial charge in [0.05, 0.1) is 33.5 Å². The van der Waals surface area contributed by atoms with E-state index in [1.807, 2.05) is 0 Å². The molecule has 0 saturated heterocycles. The molecule has 0 aliphatic carbocycles. The Morgan fingerprint density at radius 1 is 0.970 bits per heavy atom. The van der Waals surface area contributed by atoms with Gasteiger partial charge in [-0.3, -0.25) is 0 Å². The zero-order valence-corrected chi connectivity index (χ0v) is 19.9. The van der Waals surface area contributed by atoms with Gasteiger partial charge in [-0.05, 0) is 54.5 Å². The summed E-state index contributed by atoms with van der Waals surface area (Å²) in [7, 11) is 0. The average Bonchev–Trinajstić information content (AvgIpc) is 2.70. The number of ether oxygens (including phenoxy) is 2. The predicted octanol–water partition coefficient (Wildman–Crippen LogP) is 3.35. The van der Waals surface area contributed by atoms with E-state index in [1.165, 1.54) is 13.0 Å². The molecule has 176 valence electrons. The number of nitrogens with zero attached hydrogens (tertiary/aromatic N) is 2. The smallest absolute Gasteiger partial charge is 0.337 e. The highest BCUT2D eigenvalue weighted by Crippen LogP contribution is 2.39. The first-order chi connectivity index (χ1) is 15.5. The third-order valence-corrected chi connectivity index (χ3v) is 5.37. The molecule has 1 aromatic carbocycles. The molecule has 2 aromatic rings. The second kappa shape index (κ2) is 9.09. The van der Waals surface area contributed by atoms with Gasteiger partial charge >= 0.3 is 11.9 Å². The molecule has 1 aliphatic rings. The monoisotopic (exact) mass is 455 g/mol. The first-order valence-corrected chi connectivity index (χ1v) is 10.8. The number of allylic oxidation sites excluding steroid dienone is 2. The SMILES string of the molecule is CC1=C(C(=O)OC(C)C)C(c2c(C)n([O-])c3ccccc3[n+]2=O)C(C(=O)OC(C)C)=C(C)N1. The lowest BCUT2D eigenvalue weighted by molar-refractivity contribution is -0.476. The van der Waals surface area contributed by atoms with Gasteiger partial charge in [-0.2, -0.15) is 0 Å². The fourth-order valence-corrected chi connectivity index (χ4v) is 4.06. The number of carbonyl (C=O) groups is 2. The highest BCUT2D eigenvalue weighted by atomic mass is 16.5. The van der Waals surface area contributed by atoms with Gasteiger partial charge in [-0.25, -0.2) is 9.59 Å². The zero-order chi connectivity index (χ0) is 24.6. The fourth-order valence-electron chi connectivity index (χ4n) is 4.06. The van der Waals surface area contributed by atoms with Crippen LogP contribution in [0.25, 0.3) is 11.0 Å². The molecule has 1 aliphatic heterocycles. The minimum absolute atomic E-state index is 0.0321. The highest BCUT2D eigenvalue weighted by Gasteiger charge is 2.45. The molecule has 1 N–H and O–H groups in total. The molecule has 0 unspecified atom stereocenters. The lowest BCUT2D eigenvalue weighted by Crippen LogP contribution is -2.39. The van der Waals surface area contributed by atoms with E-state index < -0.39 is 30.1 Å². The number of hydrogen-bond acceptors (Lipinski definition) is 7. The summed E-state index contributed by atoms with van der Waals surface area (Å²) in [5, 5.41) is 16.1. The Bertz CT molecular complexity index is 1210. The topological polar surface area (TPSA) is 116 Å². The number of para-hydroxylation sites is 2. The van der Waals surface area contributed by atoms with Crippen molar-refractivity contribution in [3.8, 4) is 0 Å². The van der Waals surface area contributed by atoms with E-state index in [-0.39, 0.29) is 33.6 Å². The molecule has 0 fully saturated rings. The summed E-state index contributed by atoms with van der Waals surface area (Å²) in [6, 6.07) is 6.36. The first kappa shape index (κ1) is 24.0. The molecular weight excluding hydrogens is 426 g/mol. The van der Waals surface area contributed by atoms with Gasteiger partial charge in [0.15, 0.2) is 0 Å². The van der Waals surface area contributed by atoms with E-state index in [2.05, 4.69) is 5.32 Å². The number of dihydropyridines is 1. The maximum Gasteiger partial charge on any atom is 0.337 e. The highest BCUT2D eigenvalue weighted by molar-refractivity contribution is 5.99. The van der Waals surface area contributed by atoms with Gasteiger partial charge in [-0.1, -0.05) is 12.1 Å². The molecule has 9 nitrogen and oxygen atoms in total. The van der Waals surface area contributed by atoms with Crippen LogP contribution in [0.5, 0.6) is 0 Å². The van der Waals surface area contributed by atoms with Crippen molar-refractivity contribution in [2.24, 2.45) is 0 Å². The minimum atomic E-state index is -1.16. The lowest BCUT2D eigenvalue weighted by Gasteiger charge is -2.30. The van der Waals surface area contributed by atoms with Crippen LogP contribution in [0, 0.1) is 17.0 Å². The number of esters is 2. The molecule has 2 heterocycles. The van der Waals surface area contributed by atoms with Crippen LogP contribution in [0.3, 0.4) is 0 Å². The standard InChI is InChI=1S/C24H29N3O6/c1-12(2)32-23(28)19-14(5)25-15(6)20(24(29)33-13(3)4)21(19)22-16(7)26(30)17-10-8-9-11-18(17)27(22)31/h8-13,21,25H,1-7H3. The number of benzene rings is 1. The number of rotatable bonds is 5. The third-order valence-electron chi connectivity index (χ3n) is 5.37. The van der Waals surface area contributed by atoms with Gasteiger partial charge in [0.2, 0.25) is 0 Å². The second-order valence-corrected chi connectivity index (χ2v) is 8.59. The lowest BCUT2D eigenvalue weighted by atomic mass is 9.82. The molecule has 0 saturated carbocycles. The Kier molecular flexibility index (Phi) is 6.62. The zero-order valence-electron chi connectivity index (χ0n) is 19.9. The van der Waals surface area contributed by atoms with Crippen LogP contribution >= 0.6 is 0 Å². The normalized spacial score (nSPS) is 14.8. The molecule has 0 amide bonds. The van der Waals surface area contributed by atoms with E-state index in [9.17, 15) is 19.7 Å². The molecular formula is C24H29N3O6. The van der Waals surface area contributed by atoms with E-state index in [0.717, 1.165) is 0 Å². The maximum atomic E-state index is 13.6. The molecule has 0 spiro atoms. The number of hydrogen-bond donors (Lipinski definition) is 1. The molecule has 33 heavy (non-hydrogen) atoms. The van der Waals surface area contributed by atoms with Gasteiger partial charge in [0, 0.05) is 22.4 Å². The van der Waals surface area contributed by atoms with Gasteiger partial charge < -0.3 is 24.7 Å². The summed E-state index contributed by atoms with van der Waals surface area (Å²) in [6.07, 6.45) is -0.865. The molecule has 0 radical (unpaired) electrons. The number of nitrogens with one attached hydrogen (secondary N) is 1. The largest absolute Gasteiger partial charge is 0.805 e. The summed E-state index contributed by atoms with van der Waals surface area (Å²) in [6.45, 7) is 11.6. The number of carbonyl (C=O) groups excluding carboxylic acids is 2. The fraction of sp³-hybridized carbons (Fsp3) is 0.417. The van der Waals surface area contributed by atoms with Crippen molar-refractivity contribution in [1.29, 1.82) is 0 Å². The molecule has 9 heteroatoms. The van der Waals surface area contributed by atoms with Gasteiger partial charge in [-0.15, -0.1) is 0 Å². The van der Waals surface area contributed by atoms with Crippen LogP contribution in [0.4, 0.5) is 0 Å². The van der Waals surface area contributed by atoms with Crippen molar-refractivity contribution in [3.05, 3.63) is 68.3 Å².